The van der Waals surface area contributed by atoms with Gasteiger partial charge in [-0.05, 0) is 25.8 Å². The molecule has 18 heavy (non-hydrogen) atoms. The summed E-state index contributed by atoms with van der Waals surface area (Å²) in [5.41, 5.74) is -0.0701. The van der Waals surface area contributed by atoms with Crippen LogP contribution in [0, 0.1) is 0 Å². The highest BCUT2D eigenvalue weighted by Gasteiger charge is 2.40. The second-order valence-corrected chi connectivity index (χ2v) is 5.76. The molecule has 0 aromatic heterocycles. The second kappa shape index (κ2) is 7.43. The minimum absolute atomic E-state index is 0.0701. The van der Waals surface area contributed by atoms with Crippen molar-refractivity contribution in [2.45, 2.75) is 57.7 Å². The van der Waals surface area contributed by atoms with E-state index in [0.717, 1.165) is 39.0 Å². The Morgan fingerprint density at radius 3 is 2.72 bits per heavy atom. The maximum absolute atomic E-state index is 9.71. The molecule has 4 heteroatoms. The summed E-state index contributed by atoms with van der Waals surface area (Å²) in [7, 11) is 1.75. The van der Waals surface area contributed by atoms with Crippen molar-refractivity contribution in [3.8, 4) is 0 Å². The number of hydrogen-bond acceptors (Lipinski definition) is 4. The third kappa shape index (κ3) is 4.19. The predicted octanol–water partition coefficient (Wildman–Crippen LogP) is 1.24. The molecule has 0 saturated heterocycles. The fourth-order valence-electron chi connectivity index (χ4n) is 3.15. The van der Waals surface area contributed by atoms with Crippen molar-refractivity contribution in [1.29, 1.82) is 0 Å². The lowest BCUT2D eigenvalue weighted by Crippen LogP contribution is -2.51. The van der Waals surface area contributed by atoms with E-state index in [4.69, 9.17) is 4.74 Å². The first-order valence-corrected chi connectivity index (χ1v) is 7.18. The molecule has 0 heterocycles. The number of likely N-dealkylation sites (N-methyl/N-ethyl adjacent to an activating group) is 1. The van der Waals surface area contributed by atoms with Crippen LogP contribution in [0.15, 0.2) is 0 Å². The van der Waals surface area contributed by atoms with Gasteiger partial charge in [0.15, 0.2) is 0 Å². The lowest BCUT2D eigenvalue weighted by atomic mass is 9.97. The van der Waals surface area contributed by atoms with E-state index in [1.807, 2.05) is 0 Å². The number of methoxy groups -OCH3 is 1. The van der Waals surface area contributed by atoms with Crippen molar-refractivity contribution >= 4 is 0 Å². The first kappa shape index (κ1) is 15.9. The van der Waals surface area contributed by atoms with E-state index in [2.05, 4.69) is 31.0 Å². The average Bonchev–Trinajstić information content (AvgIpc) is 2.74. The number of rotatable bonds is 8. The average molecular weight is 258 g/mol. The maximum atomic E-state index is 9.71. The summed E-state index contributed by atoms with van der Waals surface area (Å²) < 4.78 is 5.17. The molecule has 1 fully saturated rings. The van der Waals surface area contributed by atoms with E-state index in [0.29, 0.717) is 12.1 Å². The van der Waals surface area contributed by atoms with Crippen molar-refractivity contribution < 1.29 is 9.84 Å². The third-order valence-electron chi connectivity index (χ3n) is 3.99. The summed E-state index contributed by atoms with van der Waals surface area (Å²) in [4.78, 5) is 2.48. The Hall–Kier alpha value is -0.160. The van der Waals surface area contributed by atoms with Gasteiger partial charge in [0.2, 0.25) is 0 Å². The van der Waals surface area contributed by atoms with E-state index in [1.165, 1.54) is 0 Å². The zero-order chi connectivity index (χ0) is 13.6. The number of aliphatic hydroxyl groups is 1. The quantitative estimate of drug-likeness (QED) is 0.687. The standard InChI is InChI=1S/C14H30N2O2/c1-5-16(8-9-18-4)13-6-7-14(10-13,11-17)15-12(2)3/h12-13,15,17H,5-11H2,1-4H3. The monoisotopic (exact) mass is 258 g/mol. The predicted molar refractivity (Wildman–Crippen MR) is 74.9 cm³/mol. The highest BCUT2D eigenvalue weighted by molar-refractivity contribution is 5.00. The van der Waals surface area contributed by atoms with Gasteiger partial charge in [0.05, 0.1) is 13.2 Å². The number of hydrogen-bond donors (Lipinski definition) is 2. The van der Waals surface area contributed by atoms with Gasteiger partial charge in [0.25, 0.3) is 0 Å². The number of nitrogens with one attached hydrogen (secondary N) is 1. The molecule has 0 bridgehead atoms. The van der Waals surface area contributed by atoms with Gasteiger partial charge >= 0.3 is 0 Å². The molecule has 1 saturated carbocycles. The van der Waals surface area contributed by atoms with Gasteiger partial charge in [-0.15, -0.1) is 0 Å². The maximum Gasteiger partial charge on any atom is 0.0614 e. The molecule has 1 aliphatic rings. The molecule has 2 unspecified atom stereocenters. The van der Waals surface area contributed by atoms with E-state index >= 15 is 0 Å². The van der Waals surface area contributed by atoms with Gasteiger partial charge in [0.1, 0.15) is 0 Å². The van der Waals surface area contributed by atoms with E-state index in [1.54, 1.807) is 7.11 Å². The molecule has 2 atom stereocenters. The summed E-state index contributed by atoms with van der Waals surface area (Å²) in [5, 5.41) is 13.3. The molecule has 0 radical (unpaired) electrons. The lowest BCUT2D eigenvalue weighted by molar-refractivity contribution is 0.110. The van der Waals surface area contributed by atoms with Crippen LogP contribution in [-0.4, -0.2) is 61.0 Å². The van der Waals surface area contributed by atoms with Crippen LogP contribution in [0.25, 0.3) is 0 Å². The van der Waals surface area contributed by atoms with Crippen LogP contribution in [-0.2, 0) is 4.74 Å². The van der Waals surface area contributed by atoms with Crippen LogP contribution in [0.3, 0.4) is 0 Å². The Morgan fingerprint density at radius 1 is 1.50 bits per heavy atom. The van der Waals surface area contributed by atoms with Crippen molar-refractivity contribution in [2.75, 3.05) is 33.4 Å². The number of ether oxygens (including phenoxy) is 1. The molecule has 0 aliphatic heterocycles. The summed E-state index contributed by atoms with van der Waals surface area (Å²) >= 11 is 0. The molecular weight excluding hydrogens is 228 g/mol. The molecule has 2 N–H and O–H groups in total. The van der Waals surface area contributed by atoms with E-state index in [-0.39, 0.29) is 12.1 Å². The zero-order valence-electron chi connectivity index (χ0n) is 12.4. The molecule has 0 amide bonds. The molecule has 108 valence electrons. The summed E-state index contributed by atoms with van der Waals surface area (Å²) in [6.45, 7) is 9.56. The van der Waals surface area contributed by atoms with Crippen molar-refractivity contribution in [2.24, 2.45) is 0 Å². The third-order valence-corrected chi connectivity index (χ3v) is 3.99. The smallest absolute Gasteiger partial charge is 0.0614 e. The Labute approximate surface area is 112 Å². The second-order valence-electron chi connectivity index (χ2n) is 5.76. The topological polar surface area (TPSA) is 44.7 Å². The summed E-state index contributed by atoms with van der Waals surface area (Å²) in [6, 6.07) is 0.994. The van der Waals surface area contributed by atoms with Gasteiger partial charge in [0, 0.05) is 31.3 Å². The Kier molecular flexibility index (Phi) is 6.57. The van der Waals surface area contributed by atoms with Crippen molar-refractivity contribution in [1.82, 2.24) is 10.2 Å². The molecule has 4 nitrogen and oxygen atoms in total. The molecular formula is C14H30N2O2. The summed E-state index contributed by atoms with van der Waals surface area (Å²) in [5.74, 6) is 0. The highest BCUT2D eigenvalue weighted by Crippen LogP contribution is 2.33. The fourth-order valence-corrected chi connectivity index (χ4v) is 3.15. The Morgan fingerprint density at radius 2 is 2.22 bits per heavy atom. The van der Waals surface area contributed by atoms with E-state index < -0.39 is 0 Å². The minimum Gasteiger partial charge on any atom is -0.394 e. The highest BCUT2D eigenvalue weighted by atomic mass is 16.5. The van der Waals surface area contributed by atoms with Gasteiger partial charge in [-0.25, -0.2) is 0 Å². The van der Waals surface area contributed by atoms with Crippen LogP contribution in [0.1, 0.15) is 40.0 Å². The fraction of sp³-hybridized carbons (Fsp3) is 1.00. The van der Waals surface area contributed by atoms with Gasteiger partial charge in [-0.3, -0.25) is 4.90 Å². The first-order chi connectivity index (χ1) is 8.56. The van der Waals surface area contributed by atoms with Gasteiger partial charge in [-0.1, -0.05) is 20.8 Å². The molecule has 0 spiro atoms. The van der Waals surface area contributed by atoms with Crippen LogP contribution in [0.5, 0.6) is 0 Å². The van der Waals surface area contributed by atoms with Crippen LogP contribution in [0.2, 0.25) is 0 Å². The largest absolute Gasteiger partial charge is 0.394 e. The Balaban J connectivity index is 2.55. The minimum atomic E-state index is -0.0701. The first-order valence-electron chi connectivity index (χ1n) is 7.18. The van der Waals surface area contributed by atoms with E-state index in [9.17, 15) is 5.11 Å². The molecule has 0 aromatic rings. The Bertz CT molecular complexity index is 236. The molecule has 1 rings (SSSR count). The lowest BCUT2D eigenvalue weighted by Gasteiger charge is -2.33. The molecule has 0 aromatic carbocycles. The SMILES string of the molecule is CCN(CCOC)C1CCC(CO)(NC(C)C)C1. The van der Waals surface area contributed by atoms with Crippen molar-refractivity contribution in [3.63, 3.8) is 0 Å². The van der Waals surface area contributed by atoms with Crippen LogP contribution >= 0.6 is 0 Å². The molecule has 1 aliphatic carbocycles. The number of aliphatic hydroxyl groups excluding tert-OH is 1. The van der Waals surface area contributed by atoms with Gasteiger partial charge in [-0.2, -0.15) is 0 Å². The zero-order valence-corrected chi connectivity index (χ0v) is 12.4. The number of nitrogens with zero attached hydrogens (tertiary/aromatic N) is 1. The van der Waals surface area contributed by atoms with Crippen LogP contribution < -0.4 is 5.32 Å². The van der Waals surface area contributed by atoms with Crippen LogP contribution in [0.4, 0.5) is 0 Å². The van der Waals surface area contributed by atoms with Gasteiger partial charge < -0.3 is 15.2 Å². The summed E-state index contributed by atoms with van der Waals surface area (Å²) in [6.07, 6.45) is 3.27. The normalized spacial score (nSPS) is 28.5. The van der Waals surface area contributed by atoms with Crippen molar-refractivity contribution in [3.05, 3.63) is 0 Å².